The first-order chi connectivity index (χ1) is 38.3. The van der Waals surface area contributed by atoms with Crippen LogP contribution in [-0.4, -0.2) is 28.5 Å². The first-order valence-electron chi connectivity index (χ1n) is 27.7. The van der Waals surface area contributed by atoms with Crippen molar-refractivity contribution in [2.24, 2.45) is 0 Å². The molecule has 0 saturated carbocycles. The maximum absolute atomic E-state index is 6.42. The molecule has 0 atom stereocenters. The molecule has 3 radical (unpaired) electrons. The van der Waals surface area contributed by atoms with E-state index < -0.39 is 0 Å². The second kappa shape index (κ2) is 26.2. The van der Waals surface area contributed by atoms with Crippen molar-refractivity contribution in [2.45, 2.75) is 99.8 Å². The molecule has 0 unspecified atom stereocenters. The van der Waals surface area contributed by atoms with E-state index in [1.165, 1.54) is 82.9 Å². The minimum Gasteiger partial charge on any atom is -0.456 e. The predicted octanol–water partition coefficient (Wildman–Crippen LogP) is 19.1. The van der Waals surface area contributed by atoms with Crippen molar-refractivity contribution in [3.8, 4) is 45.4 Å². The van der Waals surface area contributed by atoms with E-state index in [-0.39, 0.29) is 66.2 Å². The molecular weight excluding hydrogens is 1540 g/mol. The summed E-state index contributed by atoms with van der Waals surface area (Å²) >= 11 is 0. The van der Waals surface area contributed by atoms with Gasteiger partial charge in [0.2, 0.25) is 0 Å². The quantitative estimate of drug-likeness (QED) is 0.107. The van der Waals surface area contributed by atoms with Crippen molar-refractivity contribution in [2.75, 3.05) is 0 Å². The first-order valence-corrected chi connectivity index (χ1v) is 27.7. The Hall–Kier alpha value is -6.86. The Morgan fingerprint density at radius 2 is 1.04 bits per heavy atom. The number of pyridine rings is 1. The predicted molar refractivity (Wildman–Crippen MR) is 328 cm³/mol. The summed E-state index contributed by atoms with van der Waals surface area (Å²) in [5, 5.41) is 5.88. The zero-order valence-electron chi connectivity index (χ0n) is 48.2. The molecular formula is C72H67Ir3N6O-3. The van der Waals surface area contributed by atoms with Crippen molar-refractivity contribution in [3.05, 3.63) is 240 Å². The molecule has 0 aliphatic rings. The Morgan fingerprint density at radius 1 is 0.476 bits per heavy atom. The number of hydrogen-bond acceptors (Lipinski definition) is 4. The van der Waals surface area contributed by atoms with Crippen LogP contribution in [0.4, 0.5) is 0 Å². The first kappa shape index (κ1) is 61.2. The zero-order valence-corrected chi connectivity index (χ0v) is 55.4. The van der Waals surface area contributed by atoms with Crippen molar-refractivity contribution < 1.29 is 64.7 Å². The van der Waals surface area contributed by atoms with Crippen LogP contribution in [0.5, 0.6) is 0 Å². The second-order valence-corrected chi connectivity index (χ2v) is 21.9. The van der Waals surface area contributed by atoms with Gasteiger partial charge in [-0.1, -0.05) is 133 Å². The number of furan rings is 1. The van der Waals surface area contributed by atoms with Crippen LogP contribution in [0.15, 0.2) is 187 Å². The molecule has 0 aliphatic heterocycles. The molecule has 0 aliphatic carbocycles. The summed E-state index contributed by atoms with van der Waals surface area (Å²) in [4.78, 5) is 14.1. The maximum atomic E-state index is 6.42. The van der Waals surface area contributed by atoms with Gasteiger partial charge in [0, 0.05) is 130 Å². The normalized spacial score (nSPS) is 11.3. The number of rotatable bonds is 9. The van der Waals surface area contributed by atoms with Crippen LogP contribution in [0.25, 0.3) is 94.7 Å². The number of benzene rings is 8. The van der Waals surface area contributed by atoms with Crippen LogP contribution in [0.2, 0.25) is 0 Å². The number of imidazole rings is 3. The van der Waals surface area contributed by atoms with Crippen LogP contribution >= 0.6 is 0 Å². The van der Waals surface area contributed by atoms with Gasteiger partial charge in [-0.3, -0.25) is 15.0 Å². The summed E-state index contributed by atoms with van der Waals surface area (Å²) in [7, 11) is 0. The Bertz CT molecular complexity index is 4270. The monoisotopic (exact) mass is 1610 g/mol. The van der Waals surface area contributed by atoms with E-state index in [0.717, 1.165) is 50.7 Å². The molecule has 82 heavy (non-hydrogen) atoms. The fraction of sp³-hybridized carbons (Fsp3) is 0.208. The third kappa shape index (κ3) is 11.6. The van der Waals surface area contributed by atoms with Gasteiger partial charge in [-0.15, -0.1) is 101 Å². The molecule has 5 heterocycles. The minimum absolute atomic E-state index is 0. The third-order valence-electron chi connectivity index (χ3n) is 15.2. The molecule has 0 spiro atoms. The molecule has 7 nitrogen and oxygen atoms in total. The van der Waals surface area contributed by atoms with E-state index in [0.29, 0.717) is 17.8 Å². The van der Waals surface area contributed by atoms with Gasteiger partial charge < -0.3 is 18.0 Å². The van der Waals surface area contributed by atoms with Crippen molar-refractivity contribution in [3.63, 3.8) is 0 Å². The number of hydrogen-bond donors (Lipinski definition) is 0. The smallest absolute Gasteiger partial charge is 0.140 e. The van der Waals surface area contributed by atoms with Gasteiger partial charge in [0.25, 0.3) is 0 Å². The fourth-order valence-corrected chi connectivity index (χ4v) is 11.4. The van der Waals surface area contributed by atoms with Gasteiger partial charge >= 0.3 is 0 Å². The summed E-state index contributed by atoms with van der Waals surface area (Å²) in [5.41, 5.74) is 19.9. The third-order valence-corrected chi connectivity index (χ3v) is 15.2. The summed E-state index contributed by atoms with van der Waals surface area (Å²) < 4.78 is 13.1. The SMILES string of the molecule is CC(C)c1cc2c(oc3ccccc32)c(C(C)C)c1-n1ccnc1-c1[c-]cccc1.CC(C)c1cccc(C(C)C)c1-n1ccnc1-c1[c-]cccc1.Cc1ccc2c(c1)c1ccc[c-]c1c1ncc(-c3c(C)cccc3C)n21.[Ir].[Ir].[Ir]. The standard InChI is InChI=1S/C27H25N2O.C24H19N2.C21H23N2.3Ir/c1-17(2)21-16-22-20-12-8-9-13-23(20)30-26(22)24(18(3)4)25(21)29-15-14-28-27(29)19-10-6-5-7-11-19;1-15-11-12-21-20(13-15)18-9-4-5-10-19(18)24-25-14-22(26(21)24)23-16(2)7-6-8-17(23)3;1-15(2)18-11-8-12-19(16(3)4)20(18)23-14-13-22-21(23)17-9-6-5-7-10-17;;;/h5-10,12-18H,1-4H3;4-9,11-14H,1-3H3;5-9,11-16H,1-4H3;;;/q3*-1;;;. The van der Waals surface area contributed by atoms with E-state index in [1.54, 1.807) is 0 Å². The summed E-state index contributed by atoms with van der Waals surface area (Å²) in [6.45, 7) is 24.4. The van der Waals surface area contributed by atoms with Crippen LogP contribution in [0, 0.1) is 39.0 Å². The number of para-hydroxylation sites is 2. The molecule has 0 amide bonds. The topological polar surface area (TPSA) is 66.1 Å². The van der Waals surface area contributed by atoms with Crippen molar-refractivity contribution in [1.82, 2.24) is 28.5 Å². The molecule has 0 saturated heterocycles. The van der Waals surface area contributed by atoms with Crippen LogP contribution in [-0.2, 0) is 60.3 Å². The van der Waals surface area contributed by atoms with Crippen LogP contribution < -0.4 is 0 Å². The van der Waals surface area contributed by atoms with E-state index >= 15 is 0 Å². The van der Waals surface area contributed by atoms with Gasteiger partial charge in [-0.2, -0.15) is 0 Å². The molecule has 13 aromatic rings. The van der Waals surface area contributed by atoms with Crippen molar-refractivity contribution in [1.29, 1.82) is 0 Å². The number of fused-ring (bicyclic) bond motifs is 9. The van der Waals surface area contributed by atoms with E-state index in [2.05, 4.69) is 233 Å². The Kier molecular flexibility index (Phi) is 19.5. The van der Waals surface area contributed by atoms with Gasteiger partial charge in [-0.05, 0) is 95.8 Å². The Labute approximate surface area is 523 Å². The average Bonchev–Trinajstić information content (AvgIpc) is 4.39. The number of aromatic nitrogens is 6. The van der Waals surface area contributed by atoms with Gasteiger partial charge in [0.05, 0.1) is 23.0 Å². The van der Waals surface area contributed by atoms with E-state index in [9.17, 15) is 0 Å². The molecule has 0 bridgehead atoms. The summed E-state index contributed by atoms with van der Waals surface area (Å²) in [5.74, 6) is 3.40. The second-order valence-electron chi connectivity index (χ2n) is 21.9. The van der Waals surface area contributed by atoms with Gasteiger partial charge in [0.1, 0.15) is 11.2 Å². The Morgan fingerprint density at radius 3 is 1.62 bits per heavy atom. The minimum atomic E-state index is 0. The fourth-order valence-electron chi connectivity index (χ4n) is 11.4. The van der Waals surface area contributed by atoms with Gasteiger partial charge in [0.15, 0.2) is 0 Å². The van der Waals surface area contributed by atoms with E-state index in [1.807, 2.05) is 67.1 Å². The summed E-state index contributed by atoms with van der Waals surface area (Å²) in [6.07, 6.45) is 9.86. The molecule has 8 aromatic carbocycles. The molecule has 13 rings (SSSR count). The molecule has 0 fully saturated rings. The van der Waals surface area contributed by atoms with E-state index in [4.69, 9.17) is 9.40 Å². The molecule has 10 heteroatoms. The molecule has 0 N–H and O–H groups in total. The largest absolute Gasteiger partial charge is 0.456 e. The summed E-state index contributed by atoms with van der Waals surface area (Å²) in [6, 6.07) is 62.6. The maximum Gasteiger partial charge on any atom is 0.140 e. The van der Waals surface area contributed by atoms with Crippen LogP contribution in [0.3, 0.4) is 0 Å². The van der Waals surface area contributed by atoms with Gasteiger partial charge in [-0.25, -0.2) is 0 Å². The number of nitrogens with zero attached hydrogens (tertiary/aromatic N) is 6. The zero-order chi connectivity index (χ0) is 55.1. The Balaban J connectivity index is 0.000000160. The van der Waals surface area contributed by atoms with Crippen LogP contribution in [0.1, 0.15) is 118 Å². The average molecular weight is 1610 g/mol. The number of aryl methyl sites for hydroxylation is 3. The molecule has 421 valence electrons. The van der Waals surface area contributed by atoms with Crippen molar-refractivity contribution >= 4 is 49.3 Å². The molecule has 5 aromatic heterocycles.